The molecule has 1 heterocycles. The minimum absolute atomic E-state index is 0. The van der Waals surface area contributed by atoms with E-state index in [9.17, 15) is 0 Å². The molecule has 0 radical (unpaired) electrons. The predicted octanol–water partition coefficient (Wildman–Crippen LogP) is 3.12. The van der Waals surface area contributed by atoms with Gasteiger partial charge in [-0.1, -0.05) is 26.0 Å². The number of fused-ring (bicyclic) bond motifs is 1. The highest BCUT2D eigenvalue weighted by Gasteiger charge is 2.09. The molecule has 0 spiro atoms. The van der Waals surface area contributed by atoms with Crippen molar-refractivity contribution in [2.24, 2.45) is 10.7 Å². The van der Waals surface area contributed by atoms with Crippen molar-refractivity contribution in [2.75, 3.05) is 0 Å². The van der Waals surface area contributed by atoms with Gasteiger partial charge < -0.3 is 5.73 Å². The number of hydrogen-bond donors (Lipinski definition) is 1. The van der Waals surface area contributed by atoms with Gasteiger partial charge in [0.15, 0.2) is 0 Å². The van der Waals surface area contributed by atoms with Crippen LogP contribution in [0.15, 0.2) is 23.3 Å². The van der Waals surface area contributed by atoms with Gasteiger partial charge in [0.2, 0.25) is 0 Å². The first-order valence-corrected chi connectivity index (χ1v) is 5.88. The molecule has 2 nitrogen and oxygen atoms in total. The molecule has 1 aliphatic heterocycles. The molecule has 0 aliphatic carbocycles. The third-order valence-electron chi connectivity index (χ3n) is 3.09. The Morgan fingerprint density at radius 1 is 1.18 bits per heavy atom. The second-order valence-corrected chi connectivity index (χ2v) is 4.14. The summed E-state index contributed by atoms with van der Waals surface area (Å²) in [5.74, 6) is 0.696. The predicted molar refractivity (Wildman–Crippen MR) is 76.8 cm³/mol. The number of nitrogens with zero attached hydrogens (tertiary/aromatic N) is 1. The Morgan fingerprint density at radius 2 is 1.82 bits per heavy atom. The van der Waals surface area contributed by atoms with E-state index < -0.39 is 0 Å². The SMILES string of the molecule is CCc1cc2c(cc1CC)CC(N)=NC=C2.Cl. The van der Waals surface area contributed by atoms with E-state index in [2.05, 4.69) is 31.0 Å². The van der Waals surface area contributed by atoms with Crippen LogP contribution < -0.4 is 5.73 Å². The Hall–Kier alpha value is -1.28. The fourth-order valence-electron chi connectivity index (χ4n) is 2.18. The Bertz CT molecular complexity index is 462. The van der Waals surface area contributed by atoms with Crippen molar-refractivity contribution in [3.8, 4) is 0 Å². The van der Waals surface area contributed by atoms with Crippen molar-refractivity contribution in [2.45, 2.75) is 33.1 Å². The average Bonchev–Trinajstić information content (AvgIpc) is 2.47. The smallest absolute Gasteiger partial charge is 0.103 e. The first-order chi connectivity index (χ1) is 7.74. The highest BCUT2D eigenvalue weighted by atomic mass is 35.5. The van der Waals surface area contributed by atoms with Crippen LogP contribution in [0.3, 0.4) is 0 Å². The molecule has 0 atom stereocenters. The van der Waals surface area contributed by atoms with Crippen molar-refractivity contribution in [1.29, 1.82) is 0 Å². The number of benzene rings is 1. The first kappa shape index (κ1) is 13.8. The third-order valence-corrected chi connectivity index (χ3v) is 3.09. The summed E-state index contributed by atoms with van der Waals surface area (Å²) in [5, 5.41) is 0. The highest BCUT2D eigenvalue weighted by molar-refractivity contribution is 5.86. The van der Waals surface area contributed by atoms with Crippen molar-refractivity contribution in [3.05, 3.63) is 40.6 Å². The van der Waals surface area contributed by atoms with Gasteiger partial charge in [-0.15, -0.1) is 12.4 Å². The van der Waals surface area contributed by atoms with E-state index in [0.29, 0.717) is 5.84 Å². The van der Waals surface area contributed by atoms with E-state index in [1.54, 1.807) is 6.20 Å². The van der Waals surface area contributed by atoms with Crippen LogP contribution in [0.1, 0.15) is 36.1 Å². The van der Waals surface area contributed by atoms with Crippen LogP contribution in [0.5, 0.6) is 0 Å². The number of aliphatic imine (C=N–C) groups is 1. The summed E-state index contributed by atoms with van der Waals surface area (Å²) in [4.78, 5) is 4.16. The molecular weight excluding hydrogens is 232 g/mol. The molecule has 0 fully saturated rings. The second kappa shape index (κ2) is 5.87. The maximum absolute atomic E-state index is 5.81. The molecule has 0 unspecified atom stereocenters. The van der Waals surface area contributed by atoms with E-state index >= 15 is 0 Å². The van der Waals surface area contributed by atoms with Gasteiger partial charge in [0.25, 0.3) is 0 Å². The van der Waals surface area contributed by atoms with Crippen LogP contribution in [0.4, 0.5) is 0 Å². The number of nitrogens with two attached hydrogens (primary N) is 1. The first-order valence-electron chi connectivity index (χ1n) is 5.88. The molecule has 0 bridgehead atoms. The van der Waals surface area contributed by atoms with Gasteiger partial charge in [0.05, 0.1) is 0 Å². The molecule has 92 valence electrons. The van der Waals surface area contributed by atoms with Crippen LogP contribution in [-0.2, 0) is 19.3 Å². The standard InChI is InChI=1S/C14H18N2.ClH/c1-3-10-7-12-5-6-16-14(15)9-13(12)8-11(10)4-2;/h5-8H,3-4,9H2,1-2H3,(H2,15,16);1H. The molecule has 0 saturated carbocycles. The monoisotopic (exact) mass is 250 g/mol. The summed E-state index contributed by atoms with van der Waals surface area (Å²) in [6.07, 6.45) is 6.77. The lowest BCUT2D eigenvalue weighted by Gasteiger charge is -2.11. The van der Waals surface area contributed by atoms with Crippen molar-refractivity contribution < 1.29 is 0 Å². The van der Waals surface area contributed by atoms with Gasteiger partial charge >= 0.3 is 0 Å². The Morgan fingerprint density at radius 3 is 2.47 bits per heavy atom. The maximum atomic E-state index is 5.81. The minimum Gasteiger partial charge on any atom is -0.387 e. The molecule has 0 amide bonds. The zero-order valence-electron chi connectivity index (χ0n) is 10.4. The van der Waals surface area contributed by atoms with Crippen LogP contribution in [0.25, 0.3) is 6.08 Å². The topological polar surface area (TPSA) is 38.4 Å². The van der Waals surface area contributed by atoms with Gasteiger partial charge in [0, 0.05) is 12.6 Å². The molecule has 2 N–H and O–H groups in total. The summed E-state index contributed by atoms with van der Waals surface area (Å²) in [5.41, 5.74) is 11.2. The zero-order valence-corrected chi connectivity index (χ0v) is 11.2. The fraction of sp³-hybridized carbons (Fsp3) is 0.357. The number of hydrogen-bond acceptors (Lipinski definition) is 2. The average molecular weight is 251 g/mol. The van der Waals surface area contributed by atoms with E-state index in [1.165, 1.54) is 22.3 Å². The Balaban J connectivity index is 0.00000144. The lowest BCUT2D eigenvalue weighted by molar-refractivity contribution is 1.03. The number of amidine groups is 1. The van der Waals surface area contributed by atoms with Crippen molar-refractivity contribution in [3.63, 3.8) is 0 Å². The Labute approximate surface area is 109 Å². The van der Waals surface area contributed by atoms with Crippen molar-refractivity contribution >= 4 is 24.3 Å². The van der Waals surface area contributed by atoms with E-state index in [4.69, 9.17) is 5.73 Å². The van der Waals surface area contributed by atoms with Gasteiger partial charge in [-0.2, -0.15) is 0 Å². The summed E-state index contributed by atoms with van der Waals surface area (Å²) in [7, 11) is 0. The highest BCUT2D eigenvalue weighted by Crippen LogP contribution is 2.22. The maximum Gasteiger partial charge on any atom is 0.103 e. The summed E-state index contributed by atoms with van der Waals surface area (Å²) in [6.45, 7) is 4.40. The molecule has 1 aromatic carbocycles. The zero-order chi connectivity index (χ0) is 11.5. The summed E-state index contributed by atoms with van der Waals surface area (Å²) >= 11 is 0. The molecule has 1 aliphatic rings. The molecule has 2 rings (SSSR count). The molecule has 0 saturated heterocycles. The van der Waals surface area contributed by atoms with E-state index in [-0.39, 0.29) is 12.4 Å². The van der Waals surface area contributed by atoms with Gasteiger partial charge in [-0.25, -0.2) is 4.99 Å². The van der Waals surface area contributed by atoms with Crippen molar-refractivity contribution in [1.82, 2.24) is 0 Å². The van der Waals surface area contributed by atoms with Crippen LogP contribution in [0.2, 0.25) is 0 Å². The quantitative estimate of drug-likeness (QED) is 0.861. The normalized spacial score (nSPS) is 13.4. The molecule has 17 heavy (non-hydrogen) atoms. The van der Waals surface area contributed by atoms with E-state index in [0.717, 1.165) is 19.3 Å². The molecule has 0 aromatic heterocycles. The third kappa shape index (κ3) is 2.89. The summed E-state index contributed by atoms with van der Waals surface area (Å²) < 4.78 is 0. The van der Waals surface area contributed by atoms with Gasteiger partial charge in [-0.3, -0.25) is 0 Å². The minimum atomic E-state index is 0. The van der Waals surface area contributed by atoms with Gasteiger partial charge in [-0.05, 0) is 41.2 Å². The van der Waals surface area contributed by atoms with Crippen LogP contribution in [-0.4, -0.2) is 5.84 Å². The van der Waals surface area contributed by atoms with Crippen LogP contribution >= 0.6 is 12.4 Å². The van der Waals surface area contributed by atoms with Crippen LogP contribution in [0, 0.1) is 0 Å². The van der Waals surface area contributed by atoms with E-state index in [1.807, 2.05) is 6.08 Å². The number of aryl methyl sites for hydroxylation is 2. The molecule has 1 aromatic rings. The molecular formula is C14H19ClN2. The Kier molecular flexibility index (Phi) is 4.76. The fourth-order valence-corrected chi connectivity index (χ4v) is 2.18. The lowest BCUT2D eigenvalue weighted by Crippen LogP contribution is -2.14. The lowest BCUT2D eigenvalue weighted by atomic mass is 9.94. The summed E-state index contributed by atoms with van der Waals surface area (Å²) in [6, 6.07) is 4.56. The second-order valence-electron chi connectivity index (χ2n) is 4.14. The molecule has 3 heteroatoms. The number of halogens is 1. The number of rotatable bonds is 2. The van der Waals surface area contributed by atoms with Gasteiger partial charge in [0.1, 0.15) is 5.84 Å². The largest absolute Gasteiger partial charge is 0.387 e.